The van der Waals surface area contributed by atoms with E-state index >= 15 is 0 Å². The van der Waals surface area contributed by atoms with Gasteiger partial charge in [0.2, 0.25) is 6.79 Å². The van der Waals surface area contributed by atoms with Crippen molar-refractivity contribution in [2.75, 3.05) is 31.9 Å². The van der Waals surface area contributed by atoms with Gasteiger partial charge in [-0.15, -0.1) is 0 Å². The first-order chi connectivity index (χ1) is 14.6. The zero-order valence-corrected chi connectivity index (χ0v) is 16.7. The summed E-state index contributed by atoms with van der Waals surface area (Å²) in [4.78, 5) is 7.03. The molecule has 1 aromatic heterocycles. The minimum Gasteiger partial charge on any atom is -0.507 e. The number of aromatic hydroxyl groups is 1. The predicted molar refractivity (Wildman–Crippen MR) is 114 cm³/mol. The zero-order chi connectivity index (χ0) is 20.7. The van der Waals surface area contributed by atoms with Crippen LogP contribution in [-0.2, 0) is 0 Å². The Bertz CT molecular complexity index is 1100. The molecule has 2 aliphatic heterocycles. The second kappa shape index (κ2) is 7.42. The lowest BCUT2D eigenvalue weighted by Gasteiger charge is -2.20. The molecular weight excluding hydrogens is 382 g/mol. The van der Waals surface area contributed by atoms with Crippen molar-refractivity contribution in [1.29, 1.82) is 0 Å². The van der Waals surface area contributed by atoms with Crippen LogP contribution in [0.5, 0.6) is 23.0 Å². The molecule has 0 amide bonds. The molecule has 7 heteroatoms. The molecule has 0 aliphatic carbocycles. The number of anilines is 1. The lowest BCUT2D eigenvalue weighted by molar-refractivity contribution is 0.174. The molecule has 3 heterocycles. The number of methoxy groups -OCH3 is 1. The third-order valence-corrected chi connectivity index (χ3v) is 5.55. The summed E-state index contributed by atoms with van der Waals surface area (Å²) in [5.41, 5.74) is 9.29. The molecule has 30 heavy (non-hydrogen) atoms. The van der Waals surface area contributed by atoms with E-state index in [0.29, 0.717) is 17.0 Å². The van der Waals surface area contributed by atoms with Crippen LogP contribution in [0.15, 0.2) is 48.5 Å². The number of fused-ring (bicyclic) bond motifs is 1. The van der Waals surface area contributed by atoms with Crippen LogP contribution >= 0.6 is 0 Å². The Hall–Kier alpha value is -3.45. The molecule has 0 saturated carbocycles. The standard InChI is InChI=1S/C23H23N3O4/c1-28-16-5-6-18(20(27)11-16)19-9-14(10-22(25-19)26-8-7-15(24)12-26)17-3-2-4-21-23(17)30-13-29-21/h2-6,9-11,15,27H,7-8,12-13,24H2,1H3. The molecule has 154 valence electrons. The van der Waals surface area contributed by atoms with Crippen LogP contribution in [0, 0.1) is 0 Å². The molecule has 1 unspecified atom stereocenters. The van der Waals surface area contributed by atoms with Gasteiger partial charge in [-0.25, -0.2) is 4.98 Å². The first-order valence-electron chi connectivity index (χ1n) is 9.91. The van der Waals surface area contributed by atoms with E-state index in [1.165, 1.54) is 0 Å². The van der Waals surface area contributed by atoms with Crippen LogP contribution in [0.2, 0.25) is 0 Å². The van der Waals surface area contributed by atoms with Crippen molar-refractivity contribution >= 4 is 5.82 Å². The van der Waals surface area contributed by atoms with Crippen LogP contribution < -0.4 is 24.8 Å². The van der Waals surface area contributed by atoms with E-state index in [2.05, 4.69) is 4.90 Å². The van der Waals surface area contributed by atoms with Gasteiger partial charge in [0.1, 0.15) is 17.3 Å². The van der Waals surface area contributed by atoms with Gasteiger partial charge < -0.3 is 30.0 Å². The van der Waals surface area contributed by atoms with Crippen LogP contribution in [0.3, 0.4) is 0 Å². The maximum absolute atomic E-state index is 10.6. The van der Waals surface area contributed by atoms with Gasteiger partial charge in [-0.05, 0) is 42.3 Å². The molecule has 0 spiro atoms. The van der Waals surface area contributed by atoms with Crippen molar-refractivity contribution in [2.24, 2.45) is 5.73 Å². The van der Waals surface area contributed by atoms with Gasteiger partial charge in [-0.2, -0.15) is 0 Å². The van der Waals surface area contributed by atoms with Crippen LogP contribution in [0.25, 0.3) is 22.4 Å². The Balaban J connectivity index is 1.66. The summed E-state index contributed by atoms with van der Waals surface area (Å²) in [5.74, 6) is 2.97. The molecule has 1 fully saturated rings. The molecule has 1 atom stereocenters. The number of aromatic nitrogens is 1. The summed E-state index contributed by atoms with van der Waals surface area (Å²) in [6.07, 6.45) is 0.923. The fourth-order valence-corrected chi connectivity index (χ4v) is 3.98. The summed E-state index contributed by atoms with van der Waals surface area (Å²) in [7, 11) is 1.57. The topological polar surface area (TPSA) is 90.1 Å². The molecule has 3 N–H and O–H groups in total. The number of rotatable bonds is 4. The van der Waals surface area contributed by atoms with Crippen molar-refractivity contribution in [3.63, 3.8) is 0 Å². The molecule has 0 bridgehead atoms. The molecule has 2 aliphatic rings. The third-order valence-electron chi connectivity index (χ3n) is 5.55. The summed E-state index contributed by atoms with van der Waals surface area (Å²) in [6.45, 7) is 1.80. The summed E-state index contributed by atoms with van der Waals surface area (Å²) < 4.78 is 16.5. The number of para-hydroxylation sites is 1. The second-order valence-corrected chi connectivity index (χ2v) is 7.52. The summed E-state index contributed by atoms with van der Waals surface area (Å²) in [5, 5.41) is 10.6. The number of nitrogens with zero attached hydrogens (tertiary/aromatic N) is 2. The van der Waals surface area contributed by atoms with Crippen molar-refractivity contribution in [3.8, 4) is 45.4 Å². The smallest absolute Gasteiger partial charge is 0.231 e. The SMILES string of the molecule is COc1ccc(-c2cc(-c3cccc4c3OCO4)cc(N3CCC(N)C3)n2)c(O)c1. The summed E-state index contributed by atoms with van der Waals surface area (Å²) >= 11 is 0. The normalized spacial score (nSPS) is 17.4. The largest absolute Gasteiger partial charge is 0.507 e. The van der Waals surface area contributed by atoms with E-state index in [-0.39, 0.29) is 18.6 Å². The highest BCUT2D eigenvalue weighted by Crippen LogP contribution is 2.43. The number of phenolic OH excluding ortho intramolecular Hbond substituents is 1. The first-order valence-corrected chi connectivity index (χ1v) is 9.91. The highest BCUT2D eigenvalue weighted by atomic mass is 16.7. The Morgan fingerprint density at radius 1 is 1.13 bits per heavy atom. The number of phenols is 1. The number of hydrogen-bond acceptors (Lipinski definition) is 7. The Morgan fingerprint density at radius 2 is 2.03 bits per heavy atom. The van der Waals surface area contributed by atoms with Crippen LogP contribution in [-0.4, -0.2) is 43.1 Å². The van der Waals surface area contributed by atoms with Crippen LogP contribution in [0.1, 0.15) is 6.42 Å². The van der Waals surface area contributed by atoms with E-state index < -0.39 is 0 Å². The van der Waals surface area contributed by atoms with Gasteiger partial charge in [0.15, 0.2) is 11.5 Å². The van der Waals surface area contributed by atoms with Crippen molar-refractivity contribution in [1.82, 2.24) is 4.98 Å². The molecule has 1 saturated heterocycles. The molecule has 7 nitrogen and oxygen atoms in total. The van der Waals surface area contributed by atoms with Crippen molar-refractivity contribution < 1.29 is 19.3 Å². The predicted octanol–water partition coefficient (Wildman–Crippen LogP) is 3.40. The number of benzene rings is 2. The minimum absolute atomic E-state index is 0.112. The van der Waals surface area contributed by atoms with Gasteiger partial charge in [0.05, 0.1) is 12.8 Å². The summed E-state index contributed by atoms with van der Waals surface area (Å²) in [6, 6.07) is 15.2. The van der Waals surface area contributed by atoms with Gasteiger partial charge in [0.25, 0.3) is 0 Å². The molecule has 3 aromatic rings. The molecule has 5 rings (SSSR count). The maximum atomic E-state index is 10.6. The third kappa shape index (κ3) is 3.27. The zero-order valence-electron chi connectivity index (χ0n) is 16.7. The first kappa shape index (κ1) is 18.6. The van der Waals surface area contributed by atoms with Crippen molar-refractivity contribution in [2.45, 2.75) is 12.5 Å². The molecule has 2 aromatic carbocycles. The quantitative estimate of drug-likeness (QED) is 0.688. The molecular formula is C23H23N3O4. The van der Waals surface area contributed by atoms with Gasteiger partial charge in [-0.1, -0.05) is 12.1 Å². The monoisotopic (exact) mass is 405 g/mol. The minimum atomic E-state index is 0.112. The molecule has 0 radical (unpaired) electrons. The van der Waals surface area contributed by atoms with E-state index in [4.69, 9.17) is 24.9 Å². The van der Waals surface area contributed by atoms with Crippen LogP contribution in [0.4, 0.5) is 5.82 Å². The fourth-order valence-electron chi connectivity index (χ4n) is 3.98. The lowest BCUT2D eigenvalue weighted by atomic mass is 10.0. The van der Waals surface area contributed by atoms with Gasteiger partial charge in [0, 0.05) is 36.3 Å². The fraction of sp³-hybridized carbons (Fsp3) is 0.261. The second-order valence-electron chi connectivity index (χ2n) is 7.52. The Kier molecular flexibility index (Phi) is 4.59. The number of nitrogens with two attached hydrogens (primary N) is 1. The van der Waals surface area contributed by atoms with E-state index in [1.54, 1.807) is 13.2 Å². The highest BCUT2D eigenvalue weighted by Gasteiger charge is 2.24. The average molecular weight is 405 g/mol. The van der Waals surface area contributed by atoms with E-state index in [9.17, 15) is 5.11 Å². The van der Waals surface area contributed by atoms with E-state index in [1.807, 2.05) is 42.5 Å². The number of hydrogen-bond donors (Lipinski definition) is 2. The Labute approximate surface area is 174 Å². The number of pyridine rings is 1. The van der Waals surface area contributed by atoms with E-state index in [0.717, 1.165) is 48.0 Å². The van der Waals surface area contributed by atoms with Gasteiger partial charge >= 0.3 is 0 Å². The lowest BCUT2D eigenvalue weighted by Crippen LogP contribution is -2.27. The average Bonchev–Trinajstić information content (AvgIpc) is 3.42. The van der Waals surface area contributed by atoms with Gasteiger partial charge in [-0.3, -0.25) is 0 Å². The number of ether oxygens (including phenoxy) is 3. The Morgan fingerprint density at radius 3 is 2.80 bits per heavy atom. The highest BCUT2D eigenvalue weighted by molar-refractivity contribution is 5.81. The maximum Gasteiger partial charge on any atom is 0.231 e. The van der Waals surface area contributed by atoms with Crippen molar-refractivity contribution in [3.05, 3.63) is 48.5 Å².